The van der Waals surface area contributed by atoms with Crippen LogP contribution in [0.2, 0.25) is 0 Å². The van der Waals surface area contributed by atoms with Crippen molar-refractivity contribution in [2.24, 2.45) is 5.41 Å². The number of hydrogen-bond acceptors (Lipinski definition) is 4. The molecule has 5 rings (SSSR count). The Kier molecular flexibility index (Phi) is 6.26. The monoisotopic (exact) mass is 507 g/mol. The number of fused-ring (bicyclic) bond motifs is 2. The van der Waals surface area contributed by atoms with Crippen LogP contribution in [0.1, 0.15) is 63.6 Å². The molecule has 1 fully saturated rings. The third-order valence-corrected chi connectivity index (χ3v) is 8.12. The Morgan fingerprint density at radius 3 is 2.62 bits per heavy atom. The Bertz CT molecular complexity index is 1480. The van der Waals surface area contributed by atoms with E-state index in [1.807, 2.05) is 6.92 Å². The average Bonchev–Trinajstić information content (AvgIpc) is 3.45. The number of hydrogen-bond donors (Lipinski definition) is 2. The van der Waals surface area contributed by atoms with Gasteiger partial charge < -0.3 is 19.1 Å². The number of rotatable bonds is 7. The first-order valence-corrected chi connectivity index (χ1v) is 12.7. The number of halogens is 1. The van der Waals surface area contributed by atoms with Gasteiger partial charge in [0.05, 0.1) is 36.4 Å². The number of aliphatic carboxylic acids is 1. The summed E-state index contributed by atoms with van der Waals surface area (Å²) >= 11 is 0. The van der Waals surface area contributed by atoms with Gasteiger partial charge in [0.2, 0.25) is 0 Å². The molecule has 2 aromatic carbocycles. The molecule has 196 valence electrons. The summed E-state index contributed by atoms with van der Waals surface area (Å²) in [5, 5.41) is 19.2. The molecular weight excluding hydrogens is 473 g/mol. The minimum absolute atomic E-state index is 0.171. The Balaban J connectivity index is 1.82. The number of methoxy groups -OCH3 is 2. The zero-order valence-corrected chi connectivity index (χ0v) is 22.0. The van der Waals surface area contributed by atoms with Gasteiger partial charge in [-0.15, -0.1) is 0 Å². The van der Waals surface area contributed by atoms with Gasteiger partial charge >= 0.3 is 5.97 Å². The minimum Gasteiger partial charge on any atom is -0.494 e. The number of carboxylic acids is 1. The van der Waals surface area contributed by atoms with E-state index >= 15 is 0 Å². The van der Waals surface area contributed by atoms with Gasteiger partial charge in [-0.05, 0) is 68.4 Å². The molecule has 7 nitrogen and oxygen atoms in total. The minimum atomic E-state index is -0.731. The molecule has 4 aromatic rings. The number of carboxylic acid groups (broad SMARTS) is 1. The SMILES string of the molecule is COCC(C)(C)c1c([C@H]2CC[C@](C)(C(=O)O)CC2)c2cc3[nH]ncc3cc2n1-c1ccc(F)c(OC)c1. The van der Waals surface area contributed by atoms with Gasteiger partial charge in [0, 0.05) is 40.7 Å². The summed E-state index contributed by atoms with van der Waals surface area (Å²) in [6, 6.07) is 9.19. The first-order chi connectivity index (χ1) is 17.6. The molecular formula is C29H34FN3O4. The lowest BCUT2D eigenvalue weighted by Crippen LogP contribution is -2.33. The van der Waals surface area contributed by atoms with Crippen LogP contribution >= 0.6 is 0 Å². The molecule has 0 saturated heterocycles. The molecule has 0 unspecified atom stereocenters. The van der Waals surface area contributed by atoms with Gasteiger partial charge in [-0.25, -0.2) is 4.39 Å². The topological polar surface area (TPSA) is 89.4 Å². The van der Waals surface area contributed by atoms with Crippen LogP contribution in [0.15, 0.2) is 36.5 Å². The van der Waals surface area contributed by atoms with E-state index < -0.39 is 22.6 Å². The van der Waals surface area contributed by atoms with E-state index in [1.54, 1.807) is 25.4 Å². The number of ether oxygens (including phenoxy) is 2. The van der Waals surface area contributed by atoms with Crippen LogP contribution in [0.4, 0.5) is 4.39 Å². The highest BCUT2D eigenvalue weighted by Gasteiger charge is 2.41. The molecule has 0 aliphatic heterocycles. The number of aromatic nitrogens is 3. The summed E-state index contributed by atoms with van der Waals surface area (Å²) < 4.78 is 27.7. The van der Waals surface area contributed by atoms with Crippen LogP contribution in [0, 0.1) is 11.2 Å². The van der Waals surface area contributed by atoms with Gasteiger partial charge in [-0.2, -0.15) is 5.10 Å². The second kappa shape index (κ2) is 9.17. The molecule has 0 radical (unpaired) electrons. The van der Waals surface area contributed by atoms with Crippen molar-refractivity contribution in [3.63, 3.8) is 0 Å². The molecule has 1 aliphatic carbocycles. The smallest absolute Gasteiger partial charge is 0.309 e. The molecule has 0 spiro atoms. The number of carbonyl (C=O) groups is 1. The molecule has 0 atom stereocenters. The number of aromatic amines is 1. The highest BCUT2D eigenvalue weighted by atomic mass is 19.1. The number of nitrogens with zero attached hydrogens (tertiary/aromatic N) is 2. The summed E-state index contributed by atoms with van der Waals surface area (Å²) in [5.74, 6) is -0.801. The van der Waals surface area contributed by atoms with Crippen molar-refractivity contribution in [2.75, 3.05) is 20.8 Å². The predicted octanol–water partition coefficient (Wildman–Crippen LogP) is 6.33. The molecule has 2 N–H and O–H groups in total. The quantitative estimate of drug-likeness (QED) is 0.305. The van der Waals surface area contributed by atoms with Gasteiger partial charge in [0.25, 0.3) is 0 Å². The zero-order chi connectivity index (χ0) is 26.5. The summed E-state index contributed by atoms with van der Waals surface area (Å²) in [6.45, 7) is 6.64. The molecule has 1 aliphatic rings. The number of H-pyrrole nitrogens is 1. The fourth-order valence-corrected chi connectivity index (χ4v) is 6.07. The van der Waals surface area contributed by atoms with Gasteiger partial charge in [-0.1, -0.05) is 13.8 Å². The van der Waals surface area contributed by atoms with Crippen molar-refractivity contribution in [3.05, 3.63) is 53.6 Å². The maximum atomic E-state index is 14.4. The van der Waals surface area contributed by atoms with Crippen LogP contribution in [0.25, 0.3) is 27.5 Å². The van der Waals surface area contributed by atoms with Crippen molar-refractivity contribution in [1.29, 1.82) is 0 Å². The Morgan fingerprint density at radius 2 is 1.97 bits per heavy atom. The van der Waals surface area contributed by atoms with Crippen LogP contribution in [-0.2, 0) is 14.9 Å². The van der Waals surface area contributed by atoms with E-state index in [0.29, 0.717) is 19.4 Å². The maximum Gasteiger partial charge on any atom is 0.309 e. The van der Waals surface area contributed by atoms with Gasteiger partial charge in [-0.3, -0.25) is 9.89 Å². The molecule has 37 heavy (non-hydrogen) atoms. The lowest BCUT2D eigenvalue weighted by molar-refractivity contribution is -0.149. The Labute approximate surface area is 215 Å². The van der Waals surface area contributed by atoms with E-state index in [-0.39, 0.29) is 11.7 Å². The number of benzene rings is 2. The van der Waals surface area contributed by atoms with E-state index in [2.05, 4.69) is 40.7 Å². The summed E-state index contributed by atoms with van der Waals surface area (Å²) in [5.41, 5.74) is 3.89. The second-order valence-corrected chi connectivity index (χ2v) is 11.2. The molecule has 1 saturated carbocycles. The second-order valence-electron chi connectivity index (χ2n) is 11.2. The summed E-state index contributed by atoms with van der Waals surface area (Å²) in [7, 11) is 3.16. The lowest BCUT2D eigenvalue weighted by atomic mass is 9.68. The average molecular weight is 508 g/mol. The third kappa shape index (κ3) is 4.17. The standard InChI is InChI=1S/C29H34FN3O4/c1-28(2,16-36-4)26-25(17-8-10-29(3,11-9-17)27(34)35)20-14-22-18(15-31-32-22)12-23(20)33(26)19-6-7-21(30)24(13-19)37-5/h6-7,12-15,17H,8-11,16H2,1-5H3,(H,31,32)(H,34,35)/t17-,29-. The molecule has 0 bridgehead atoms. The van der Waals surface area contributed by atoms with Crippen molar-refractivity contribution in [2.45, 2.75) is 57.8 Å². The van der Waals surface area contributed by atoms with Crippen LogP contribution in [0.5, 0.6) is 5.75 Å². The normalized spacial score (nSPS) is 20.5. The maximum absolute atomic E-state index is 14.4. The predicted molar refractivity (Wildman–Crippen MR) is 141 cm³/mol. The van der Waals surface area contributed by atoms with Crippen LogP contribution < -0.4 is 4.74 Å². The zero-order valence-electron chi connectivity index (χ0n) is 22.0. The first kappa shape index (κ1) is 25.3. The molecule has 8 heteroatoms. The summed E-state index contributed by atoms with van der Waals surface area (Å²) in [6.07, 6.45) is 4.56. The molecule has 0 amide bonds. The van der Waals surface area contributed by atoms with E-state index in [1.165, 1.54) is 18.7 Å². The third-order valence-electron chi connectivity index (χ3n) is 8.12. The van der Waals surface area contributed by atoms with Crippen molar-refractivity contribution >= 4 is 27.8 Å². The van der Waals surface area contributed by atoms with Gasteiger partial charge in [0.15, 0.2) is 11.6 Å². The van der Waals surface area contributed by atoms with Crippen molar-refractivity contribution < 1.29 is 23.8 Å². The Hall–Kier alpha value is -3.39. The molecule has 2 heterocycles. The van der Waals surface area contributed by atoms with Crippen LogP contribution in [0.3, 0.4) is 0 Å². The fraction of sp³-hybridized carbons (Fsp3) is 0.448. The van der Waals surface area contributed by atoms with Crippen molar-refractivity contribution in [1.82, 2.24) is 14.8 Å². The van der Waals surface area contributed by atoms with E-state index in [9.17, 15) is 14.3 Å². The first-order valence-electron chi connectivity index (χ1n) is 12.7. The highest BCUT2D eigenvalue weighted by Crippen LogP contribution is 2.49. The van der Waals surface area contributed by atoms with Gasteiger partial charge in [0.1, 0.15) is 0 Å². The van der Waals surface area contributed by atoms with Crippen molar-refractivity contribution in [3.8, 4) is 11.4 Å². The lowest BCUT2D eigenvalue weighted by Gasteiger charge is -2.36. The van der Waals surface area contributed by atoms with E-state index in [4.69, 9.17) is 9.47 Å². The van der Waals surface area contributed by atoms with Crippen LogP contribution in [-0.4, -0.2) is 46.7 Å². The summed E-state index contributed by atoms with van der Waals surface area (Å²) in [4.78, 5) is 12.0. The fourth-order valence-electron chi connectivity index (χ4n) is 6.07. The largest absolute Gasteiger partial charge is 0.494 e. The number of nitrogens with one attached hydrogen (secondary N) is 1. The van der Waals surface area contributed by atoms with E-state index in [0.717, 1.165) is 46.0 Å². The highest BCUT2D eigenvalue weighted by molar-refractivity contribution is 5.99. The molecule has 2 aromatic heterocycles. The Morgan fingerprint density at radius 1 is 1.24 bits per heavy atom.